The minimum Gasteiger partial charge on any atom is -0.481 e. The zero-order chi connectivity index (χ0) is 7.40. The van der Waals surface area contributed by atoms with Gasteiger partial charge in [-0.2, -0.15) is 0 Å². The van der Waals surface area contributed by atoms with Crippen molar-refractivity contribution in [3.8, 4) is 0 Å². The van der Waals surface area contributed by atoms with Crippen molar-refractivity contribution in [1.29, 1.82) is 0 Å². The van der Waals surface area contributed by atoms with E-state index in [1.165, 1.54) is 0 Å². The summed E-state index contributed by atoms with van der Waals surface area (Å²) in [7, 11) is 0. The predicted octanol–water partition coefficient (Wildman–Crippen LogP) is 1.09. The molecule has 0 aromatic carbocycles. The number of aliphatic imine (C=N–C) groups is 1. The summed E-state index contributed by atoms with van der Waals surface area (Å²) in [5.74, 6) is -0.763. The molecular weight excluding hydrogens is 130 g/mol. The lowest BCUT2D eigenvalue weighted by Gasteiger charge is -2.08. The van der Waals surface area contributed by atoms with Gasteiger partial charge in [-0.3, -0.25) is 9.79 Å². The van der Waals surface area contributed by atoms with Crippen LogP contribution in [0.5, 0.6) is 0 Å². The van der Waals surface area contributed by atoms with Gasteiger partial charge >= 0.3 is 5.97 Å². The van der Waals surface area contributed by atoms with E-state index in [1.54, 1.807) is 0 Å². The highest BCUT2D eigenvalue weighted by molar-refractivity contribution is 5.98. The second-order valence-corrected chi connectivity index (χ2v) is 2.48. The van der Waals surface area contributed by atoms with Crippen LogP contribution in [0.25, 0.3) is 0 Å². The molecule has 0 atom stereocenters. The first-order valence-corrected chi connectivity index (χ1v) is 3.53. The van der Waals surface area contributed by atoms with E-state index in [1.807, 2.05) is 0 Å². The first-order valence-electron chi connectivity index (χ1n) is 3.53. The van der Waals surface area contributed by atoms with Crippen LogP contribution in [-0.4, -0.2) is 23.3 Å². The van der Waals surface area contributed by atoms with E-state index < -0.39 is 5.97 Å². The zero-order valence-electron chi connectivity index (χ0n) is 5.84. The first kappa shape index (κ1) is 7.25. The Kier molecular flexibility index (Phi) is 2.42. The Morgan fingerprint density at radius 2 is 2.40 bits per heavy atom. The van der Waals surface area contributed by atoms with Crippen molar-refractivity contribution in [1.82, 2.24) is 0 Å². The third-order valence-corrected chi connectivity index (χ3v) is 1.56. The molecule has 3 heteroatoms. The van der Waals surface area contributed by atoms with Crippen LogP contribution in [0.15, 0.2) is 4.99 Å². The maximum absolute atomic E-state index is 10.2. The van der Waals surface area contributed by atoms with Gasteiger partial charge in [-0.15, -0.1) is 0 Å². The van der Waals surface area contributed by atoms with Crippen LogP contribution in [0.1, 0.15) is 25.7 Å². The monoisotopic (exact) mass is 141 g/mol. The van der Waals surface area contributed by atoms with Crippen molar-refractivity contribution in [2.24, 2.45) is 4.99 Å². The number of carbonyl (C=O) groups is 1. The van der Waals surface area contributed by atoms with Gasteiger partial charge in [-0.05, 0) is 19.3 Å². The van der Waals surface area contributed by atoms with Crippen LogP contribution in [0, 0.1) is 0 Å². The molecular formula is C7H11NO2. The summed E-state index contributed by atoms with van der Waals surface area (Å²) in [6.45, 7) is 0.822. The van der Waals surface area contributed by atoms with Gasteiger partial charge in [0.25, 0.3) is 0 Å². The largest absolute Gasteiger partial charge is 0.481 e. The van der Waals surface area contributed by atoms with Crippen LogP contribution in [0.3, 0.4) is 0 Å². The molecule has 1 rings (SSSR count). The molecule has 0 saturated carbocycles. The number of hydrogen-bond acceptors (Lipinski definition) is 2. The molecule has 0 aromatic heterocycles. The fourth-order valence-electron chi connectivity index (χ4n) is 1.08. The number of nitrogens with zero attached hydrogens (tertiary/aromatic N) is 1. The maximum Gasteiger partial charge on any atom is 0.309 e. The number of rotatable bonds is 2. The summed E-state index contributed by atoms with van der Waals surface area (Å²) in [5, 5.41) is 8.38. The Balaban J connectivity index is 2.38. The summed E-state index contributed by atoms with van der Waals surface area (Å²) in [5.41, 5.74) is 0.860. The minimum absolute atomic E-state index is 0.139. The molecule has 0 saturated heterocycles. The third-order valence-electron chi connectivity index (χ3n) is 1.56. The molecule has 0 aromatic rings. The standard InChI is InChI=1S/C7H11NO2/c9-7(10)5-6-3-1-2-4-8-6/h1-5H2,(H,9,10). The fourth-order valence-corrected chi connectivity index (χ4v) is 1.08. The minimum atomic E-state index is -0.763. The highest BCUT2D eigenvalue weighted by atomic mass is 16.4. The first-order chi connectivity index (χ1) is 4.79. The molecule has 0 radical (unpaired) electrons. The molecule has 1 aliphatic rings. The van der Waals surface area contributed by atoms with Crippen LogP contribution < -0.4 is 0 Å². The molecule has 56 valence electrons. The highest BCUT2D eigenvalue weighted by Gasteiger charge is 2.08. The summed E-state index contributed by atoms with van der Waals surface area (Å²) in [6, 6.07) is 0. The average Bonchev–Trinajstić information content (AvgIpc) is 1.88. The number of hydrogen-bond donors (Lipinski definition) is 1. The average molecular weight is 141 g/mol. The van der Waals surface area contributed by atoms with Gasteiger partial charge < -0.3 is 5.11 Å². The van der Waals surface area contributed by atoms with E-state index in [9.17, 15) is 4.79 Å². The van der Waals surface area contributed by atoms with Gasteiger partial charge in [0.2, 0.25) is 0 Å². The second kappa shape index (κ2) is 3.34. The van der Waals surface area contributed by atoms with Crippen LogP contribution in [0.2, 0.25) is 0 Å². The molecule has 3 nitrogen and oxygen atoms in total. The lowest BCUT2D eigenvalue weighted by atomic mass is 10.1. The SMILES string of the molecule is O=C(O)CC1=NCCCC1. The van der Waals surface area contributed by atoms with E-state index in [0.29, 0.717) is 0 Å². The summed E-state index contributed by atoms with van der Waals surface area (Å²) in [6.07, 6.45) is 3.24. The normalized spacial score (nSPS) is 18.2. The quantitative estimate of drug-likeness (QED) is 0.625. The topological polar surface area (TPSA) is 49.7 Å². The summed E-state index contributed by atoms with van der Waals surface area (Å²) < 4.78 is 0. The lowest BCUT2D eigenvalue weighted by molar-refractivity contribution is -0.135. The van der Waals surface area contributed by atoms with Gasteiger partial charge in [0.1, 0.15) is 0 Å². The molecule has 0 spiro atoms. The fraction of sp³-hybridized carbons (Fsp3) is 0.714. The molecule has 0 aliphatic carbocycles. The summed E-state index contributed by atoms with van der Waals surface area (Å²) >= 11 is 0. The van der Waals surface area contributed by atoms with Gasteiger partial charge in [0, 0.05) is 12.3 Å². The molecule has 10 heavy (non-hydrogen) atoms. The van der Waals surface area contributed by atoms with Gasteiger partial charge in [0.05, 0.1) is 6.42 Å². The van der Waals surface area contributed by atoms with Crippen LogP contribution in [-0.2, 0) is 4.79 Å². The van der Waals surface area contributed by atoms with Crippen molar-refractivity contribution in [3.05, 3.63) is 0 Å². The molecule has 1 aliphatic heterocycles. The number of carboxylic acids is 1. The Morgan fingerprint density at radius 1 is 1.60 bits per heavy atom. The third kappa shape index (κ3) is 2.17. The van der Waals surface area contributed by atoms with E-state index in [-0.39, 0.29) is 6.42 Å². The molecule has 1 heterocycles. The predicted molar refractivity (Wildman–Crippen MR) is 38.4 cm³/mol. The van der Waals surface area contributed by atoms with Crippen LogP contribution >= 0.6 is 0 Å². The van der Waals surface area contributed by atoms with Crippen molar-refractivity contribution in [3.63, 3.8) is 0 Å². The van der Waals surface area contributed by atoms with E-state index in [0.717, 1.165) is 31.5 Å². The van der Waals surface area contributed by atoms with Crippen molar-refractivity contribution >= 4 is 11.7 Å². The van der Waals surface area contributed by atoms with Gasteiger partial charge in [-0.1, -0.05) is 0 Å². The molecule has 1 N–H and O–H groups in total. The Hall–Kier alpha value is -0.860. The van der Waals surface area contributed by atoms with E-state index >= 15 is 0 Å². The van der Waals surface area contributed by atoms with E-state index in [2.05, 4.69) is 4.99 Å². The smallest absolute Gasteiger partial charge is 0.309 e. The van der Waals surface area contributed by atoms with Crippen molar-refractivity contribution in [2.75, 3.05) is 6.54 Å². The lowest BCUT2D eigenvalue weighted by Crippen LogP contribution is -2.11. The zero-order valence-corrected chi connectivity index (χ0v) is 5.84. The van der Waals surface area contributed by atoms with E-state index in [4.69, 9.17) is 5.11 Å². The molecule has 0 amide bonds. The Labute approximate surface area is 59.8 Å². The van der Waals surface area contributed by atoms with Crippen molar-refractivity contribution < 1.29 is 9.90 Å². The van der Waals surface area contributed by atoms with Gasteiger partial charge in [0.15, 0.2) is 0 Å². The number of carboxylic acid groups (broad SMARTS) is 1. The Morgan fingerprint density at radius 3 is 2.90 bits per heavy atom. The van der Waals surface area contributed by atoms with Crippen molar-refractivity contribution in [2.45, 2.75) is 25.7 Å². The second-order valence-electron chi connectivity index (χ2n) is 2.48. The highest BCUT2D eigenvalue weighted by Crippen LogP contribution is 2.07. The molecule has 0 bridgehead atoms. The Bertz CT molecular complexity index is 163. The van der Waals surface area contributed by atoms with Gasteiger partial charge in [-0.25, -0.2) is 0 Å². The number of aliphatic carboxylic acids is 1. The molecule has 0 fully saturated rings. The maximum atomic E-state index is 10.2. The van der Waals surface area contributed by atoms with Crippen LogP contribution in [0.4, 0.5) is 0 Å². The molecule has 0 unspecified atom stereocenters. The summed E-state index contributed by atoms with van der Waals surface area (Å²) in [4.78, 5) is 14.3.